The van der Waals surface area contributed by atoms with E-state index < -0.39 is 12.1 Å². The highest BCUT2D eigenvalue weighted by atomic mass is 16.5. The zero-order chi connectivity index (χ0) is 62.0. The number of amides is 1. The molecule has 0 rings (SSSR count). The lowest BCUT2D eigenvalue weighted by atomic mass is 10.0. The fourth-order valence-corrected chi connectivity index (χ4v) is 13.0. The Morgan fingerprint density at radius 1 is 0.314 bits per heavy atom. The molecule has 3 N–H and O–H groups in total. The summed E-state index contributed by atoms with van der Waals surface area (Å²) < 4.78 is 5.50. The standard InChI is InChI=1S/C80H157NO5/c1-3-5-7-9-11-13-15-17-19-20-21-22-33-36-39-42-45-48-52-56-60-64-68-72-78(83)77(76-82)81-79(84)73-69-65-61-57-53-49-46-43-40-37-34-31-29-27-25-23-24-26-28-30-32-35-38-41-44-47-51-55-59-63-67-71-75-86-80(85)74-70-66-62-58-54-50-18-16-14-12-10-8-6-4-2/h68,72,77-78,82-83H,3-67,69-71,73-76H2,1-2H3,(H,81,84)/b72-68+. The van der Waals surface area contributed by atoms with Gasteiger partial charge in [0.2, 0.25) is 5.91 Å². The summed E-state index contributed by atoms with van der Waals surface area (Å²) in [5.74, 6) is -0.0333. The second-order valence-electron chi connectivity index (χ2n) is 27.8. The monoisotopic (exact) mass is 1210 g/mol. The van der Waals surface area contributed by atoms with Crippen LogP contribution in [-0.2, 0) is 14.3 Å². The molecule has 512 valence electrons. The van der Waals surface area contributed by atoms with E-state index in [1.807, 2.05) is 6.08 Å². The summed E-state index contributed by atoms with van der Waals surface area (Å²) in [5.41, 5.74) is 0. The average Bonchev–Trinajstić information content (AvgIpc) is 3.58. The van der Waals surface area contributed by atoms with Crippen LogP contribution in [0.4, 0.5) is 0 Å². The number of allylic oxidation sites excluding steroid dienone is 1. The molecule has 0 heterocycles. The number of aliphatic hydroxyl groups excluding tert-OH is 2. The number of unbranched alkanes of at least 4 members (excludes halogenated alkanes) is 65. The molecule has 0 aromatic rings. The van der Waals surface area contributed by atoms with Crippen LogP contribution in [0.15, 0.2) is 12.2 Å². The second-order valence-corrected chi connectivity index (χ2v) is 27.8. The molecule has 0 radical (unpaired) electrons. The van der Waals surface area contributed by atoms with Gasteiger partial charge in [0.1, 0.15) is 0 Å². The first-order valence-electron chi connectivity index (χ1n) is 40.0. The molecule has 0 aliphatic rings. The minimum absolute atomic E-state index is 0.0245. The van der Waals surface area contributed by atoms with Crippen LogP contribution in [0.3, 0.4) is 0 Å². The highest BCUT2D eigenvalue weighted by Crippen LogP contribution is 2.20. The first-order valence-corrected chi connectivity index (χ1v) is 40.0. The Kier molecular flexibility index (Phi) is 74.8. The predicted octanol–water partition coefficient (Wildman–Crippen LogP) is 26.3. The Morgan fingerprint density at radius 3 is 0.791 bits per heavy atom. The number of carbonyl (C=O) groups excluding carboxylic acids is 2. The quantitative estimate of drug-likeness (QED) is 0.0320. The number of ether oxygens (including phenoxy) is 1. The summed E-state index contributed by atoms with van der Waals surface area (Å²) in [6, 6.07) is -0.625. The smallest absolute Gasteiger partial charge is 0.305 e. The normalized spacial score (nSPS) is 12.5. The van der Waals surface area contributed by atoms with Gasteiger partial charge in [0, 0.05) is 12.8 Å². The van der Waals surface area contributed by atoms with Crippen molar-refractivity contribution in [2.75, 3.05) is 13.2 Å². The third kappa shape index (κ3) is 71.7. The fourth-order valence-electron chi connectivity index (χ4n) is 13.0. The van der Waals surface area contributed by atoms with Crippen LogP contribution in [0.2, 0.25) is 0 Å². The Hall–Kier alpha value is -1.40. The van der Waals surface area contributed by atoms with Gasteiger partial charge in [-0.25, -0.2) is 0 Å². The van der Waals surface area contributed by atoms with Crippen molar-refractivity contribution in [1.29, 1.82) is 0 Å². The SMILES string of the molecule is CCCCCCCCCCCCCCCCCCCCCCC/C=C/C(O)C(CO)NC(=O)CCCCCCCCCCCCCCCCCCCCCCCCCCCCCCCCCCOC(=O)CCCCCCCCCCCCCCCC. The zero-order valence-electron chi connectivity index (χ0n) is 58.8. The van der Waals surface area contributed by atoms with Crippen LogP contribution < -0.4 is 5.32 Å². The molecule has 0 spiro atoms. The van der Waals surface area contributed by atoms with Crippen molar-refractivity contribution in [1.82, 2.24) is 5.32 Å². The van der Waals surface area contributed by atoms with E-state index in [-0.39, 0.29) is 18.5 Å². The number of hydrogen-bond donors (Lipinski definition) is 3. The van der Waals surface area contributed by atoms with Gasteiger partial charge in [-0.15, -0.1) is 0 Å². The van der Waals surface area contributed by atoms with E-state index in [4.69, 9.17) is 4.74 Å². The van der Waals surface area contributed by atoms with Crippen molar-refractivity contribution in [3.8, 4) is 0 Å². The highest BCUT2D eigenvalue weighted by Gasteiger charge is 2.18. The van der Waals surface area contributed by atoms with Crippen LogP contribution in [-0.4, -0.2) is 47.4 Å². The number of carbonyl (C=O) groups is 2. The lowest BCUT2D eigenvalue weighted by molar-refractivity contribution is -0.143. The molecule has 2 unspecified atom stereocenters. The molecular weight excluding hydrogens is 1050 g/mol. The van der Waals surface area contributed by atoms with Crippen LogP contribution in [0.5, 0.6) is 0 Å². The minimum atomic E-state index is -0.842. The van der Waals surface area contributed by atoms with Gasteiger partial charge in [0.05, 0.1) is 25.4 Å². The van der Waals surface area contributed by atoms with Gasteiger partial charge >= 0.3 is 5.97 Å². The maximum Gasteiger partial charge on any atom is 0.305 e. The highest BCUT2D eigenvalue weighted by molar-refractivity contribution is 5.76. The second kappa shape index (κ2) is 76.1. The lowest BCUT2D eigenvalue weighted by Crippen LogP contribution is -2.45. The van der Waals surface area contributed by atoms with Gasteiger partial charge in [-0.1, -0.05) is 431 Å². The van der Waals surface area contributed by atoms with E-state index >= 15 is 0 Å². The van der Waals surface area contributed by atoms with Gasteiger partial charge in [0.15, 0.2) is 0 Å². The number of esters is 1. The van der Waals surface area contributed by atoms with E-state index in [0.29, 0.717) is 19.4 Å². The van der Waals surface area contributed by atoms with Crippen LogP contribution in [0.1, 0.15) is 463 Å². The van der Waals surface area contributed by atoms with Crippen molar-refractivity contribution in [2.24, 2.45) is 0 Å². The van der Waals surface area contributed by atoms with Gasteiger partial charge in [-0.05, 0) is 32.1 Å². The van der Waals surface area contributed by atoms with Gasteiger partial charge in [0.25, 0.3) is 0 Å². The number of rotatable bonds is 76. The molecule has 1 amide bonds. The molecule has 6 nitrogen and oxygen atoms in total. The summed E-state index contributed by atoms with van der Waals surface area (Å²) in [6.45, 7) is 4.97. The maximum absolute atomic E-state index is 12.6. The van der Waals surface area contributed by atoms with Gasteiger partial charge < -0.3 is 20.3 Å². The molecular formula is C80H157NO5. The first-order chi connectivity index (χ1) is 42.5. The molecule has 0 aromatic carbocycles. The summed E-state index contributed by atoms with van der Waals surface area (Å²) in [5, 5.41) is 23.3. The van der Waals surface area contributed by atoms with E-state index in [0.717, 1.165) is 38.5 Å². The van der Waals surface area contributed by atoms with Gasteiger partial charge in [-0.3, -0.25) is 9.59 Å². The Morgan fingerprint density at radius 2 is 0.535 bits per heavy atom. The third-order valence-electron chi connectivity index (χ3n) is 19.1. The van der Waals surface area contributed by atoms with Crippen molar-refractivity contribution >= 4 is 11.9 Å². The number of nitrogens with one attached hydrogen (secondary N) is 1. The molecule has 0 aliphatic carbocycles. The largest absolute Gasteiger partial charge is 0.466 e. The summed E-state index contributed by atoms with van der Waals surface area (Å²) in [6.07, 6.45) is 96.3. The molecule has 0 aliphatic heterocycles. The van der Waals surface area contributed by atoms with Crippen molar-refractivity contribution < 1.29 is 24.5 Å². The number of hydrogen-bond acceptors (Lipinski definition) is 5. The molecule has 0 saturated heterocycles. The lowest BCUT2D eigenvalue weighted by Gasteiger charge is -2.20. The van der Waals surface area contributed by atoms with E-state index in [1.165, 1.54) is 398 Å². The van der Waals surface area contributed by atoms with Gasteiger partial charge in [-0.2, -0.15) is 0 Å². The molecule has 6 heteroatoms. The number of aliphatic hydroxyl groups is 2. The Labute approximate surface area is 539 Å². The zero-order valence-corrected chi connectivity index (χ0v) is 58.8. The van der Waals surface area contributed by atoms with E-state index in [2.05, 4.69) is 19.2 Å². The van der Waals surface area contributed by atoms with Crippen LogP contribution in [0.25, 0.3) is 0 Å². The van der Waals surface area contributed by atoms with Crippen LogP contribution in [0, 0.1) is 0 Å². The molecule has 2 atom stereocenters. The topological polar surface area (TPSA) is 95.9 Å². The molecule has 86 heavy (non-hydrogen) atoms. The molecule has 0 fully saturated rings. The fraction of sp³-hybridized carbons (Fsp3) is 0.950. The summed E-state index contributed by atoms with van der Waals surface area (Å²) >= 11 is 0. The van der Waals surface area contributed by atoms with E-state index in [9.17, 15) is 19.8 Å². The van der Waals surface area contributed by atoms with Crippen molar-refractivity contribution in [2.45, 2.75) is 475 Å². The third-order valence-corrected chi connectivity index (χ3v) is 19.1. The Balaban J connectivity index is 3.34. The van der Waals surface area contributed by atoms with Crippen LogP contribution >= 0.6 is 0 Å². The summed E-state index contributed by atoms with van der Waals surface area (Å²) in [7, 11) is 0. The Bertz CT molecular complexity index is 1300. The van der Waals surface area contributed by atoms with E-state index in [1.54, 1.807) is 6.08 Å². The molecule has 0 saturated carbocycles. The minimum Gasteiger partial charge on any atom is -0.466 e. The molecule has 0 aromatic heterocycles. The predicted molar refractivity (Wildman–Crippen MR) is 380 cm³/mol. The van der Waals surface area contributed by atoms with Crippen molar-refractivity contribution in [3.63, 3.8) is 0 Å². The molecule has 0 bridgehead atoms. The summed E-state index contributed by atoms with van der Waals surface area (Å²) in [4.78, 5) is 24.6. The van der Waals surface area contributed by atoms with Crippen molar-refractivity contribution in [3.05, 3.63) is 12.2 Å². The maximum atomic E-state index is 12.6. The first kappa shape index (κ1) is 84.6. The average molecular weight is 1210 g/mol.